The van der Waals surface area contributed by atoms with Crippen molar-refractivity contribution in [2.45, 2.75) is 75.0 Å². The molecule has 7 rings (SSSR count). The summed E-state index contributed by atoms with van der Waals surface area (Å²) >= 11 is 6.00. The van der Waals surface area contributed by atoms with E-state index >= 15 is 4.39 Å². The molecule has 8 nitrogen and oxygen atoms in total. The molecule has 4 aliphatic rings. The predicted molar refractivity (Wildman–Crippen MR) is 151 cm³/mol. The Bertz CT molecular complexity index is 1610. The third kappa shape index (κ3) is 4.70. The van der Waals surface area contributed by atoms with E-state index in [4.69, 9.17) is 26.8 Å². The maximum absolute atomic E-state index is 16.5. The van der Waals surface area contributed by atoms with Crippen LogP contribution < -0.4 is 20.1 Å². The highest BCUT2D eigenvalue weighted by Gasteiger charge is 2.49. The van der Waals surface area contributed by atoms with Crippen LogP contribution in [0.15, 0.2) is 12.1 Å². The molecule has 5 heterocycles. The van der Waals surface area contributed by atoms with Crippen LogP contribution in [-0.2, 0) is 6.18 Å². The molecule has 3 aromatic rings. The summed E-state index contributed by atoms with van der Waals surface area (Å²) < 4.78 is 86.0. The van der Waals surface area contributed by atoms with E-state index in [2.05, 4.69) is 19.9 Å². The normalized spacial score (nSPS) is 27.1. The fraction of sp³-hybridized carbons (Fsp3) is 0.552. The number of pyridine rings is 1. The number of likely N-dealkylation sites (N-methyl/N-ethyl adjacent to an activating group) is 1. The van der Waals surface area contributed by atoms with Crippen LogP contribution in [0.4, 0.5) is 33.5 Å². The maximum Gasteiger partial charge on any atom is 0.418 e. The molecule has 0 amide bonds. The Kier molecular flexibility index (Phi) is 6.77. The fourth-order valence-electron chi connectivity index (χ4n) is 7.40. The summed E-state index contributed by atoms with van der Waals surface area (Å²) in [6.45, 7) is 1.18. The molecule has 1 aromatic carbocycles. The van der Waals surface area contributed by atoms with Crippen molar-refractivity contribution in [3.63, 3.8) is 0 Å². The lowest BCUT2D eigenvalue weighted by Crippen LogP contribution is -2.45. The summed E-state index contributed by atoms with van der Waals surface area (Å²) in [6, 6.07) is 1.66. The van der Waals surface area contributed by atoms with Gasteiger partial charge in [-0.1, -0.05) is 18.0 Å². The van der Waals surface area contributed by atoms with E-state index in [1.165, 1.54) is 0 Å². The van der Waals surface area contributed by atoms with Crippen LogP contribution in [-0.4, -0.2) is 70.5 Å². The maximum atomic E-state index is 16.5. The first-order chi connectivity index (χ1) is 20.4. The summed E-state index contributed by atoms with van der Waals surface area (Å²) in [5, 5.41) is -0.544. The van der Waals surface area contributed by atoms with Crippen LogP contribution >= 0.6 is 11.6 Å². The van der Waals surface area contributed by atoms with Gasteiger partial charge in [-0.2, -0.15) is 23.1 Å². The second-order valence-corrected chi connectivity index (χ2v) is 12.4. The first-order valence-electron chi connectivity index (χ1n) is 14.4. The Morgan fingerprint density at radius 1 is 1.16 bits per heavy atom. The van der Waals surface area contributed by atoms with Gasteiger partial charge < -0.3 is 20.1 Å². The molecule has 0 spiro atoms. The number of fused-ring (bicyclic) bond motifs is 2. The van der Waals surface area contributed by atoms with Crippen molar-refractivity contribution in [3.8, 4) is 23.1 Å². The third-order valence-electron chi connectivity index (χ3n) is 9.36. The lowest BCUT2D eigenvalue weighted by Gasteiger charge is -2.36. The zero-order valence-electron chi connectivity index (χ0n) is 23.4. The summed E-state index contributed by atoms with van der Waals surface area (Å²) in [6.07, 6.45) is -1.03. The van der Waals surface area contributed by atoms with Gasteiger partial charge in [0.15, 0.2) is 5.82 Å². The van der Waals surface area contributed by atoms with Crippen molar-refractivity contribution in [1.82, 2.24) is 19.9 Å². The van der Waals surface area contributed by atoms with Gasteiger partial charge in [0.2, 0.25) is 5.88 Å². The molecule has 3 aliphatic heterocycles. The van der Waals surface area contributed by atoms with Crippen LogP contribution in [0.3, 0.4) is 0 Å². The number of nitrogen functional groups attached to an aromatic ring is 1. The zero-order chi connectivity index (χ0) is 30.3. The number of nitrogens with two attached hydrogens (primary N) is 1. The van der Waals surface area contributed by atoms with Crippen molar-refractivity contribution in [2.75, 3.05) is 37.4 Å². The second-order valence-electron chi connectivity index (χ2n) is 12.0. The molecule has 1 saturated carbocycles. The number of aromatic nitrogens is 3. The van der Waals surface area contributed by atoms with Crippen molar-refractivity contribution in [2.24, 2.45) is 0 Å². The van der Waals surface area contributed by atoms with Gasteiger partial charge in [0.1, 0.15) is 41.3 Å². The summed E-state index contributed by atoms with van der Waals surface area (Å²) in [5.74, 6) is -0.885. The minimum absolute atomic E-state index is 0.0718. The molecule has 1 aliphatic carbocycles. The molecule has 230 valence electrons. The van der Waals surface area contributed by atoms with E-state index in [9.17, 15) is 17.6 Å². The lowest BCUT2D eigenvalue weighted by atomic mass is 9.91. The molecule has 2 N–H and O–H groups in total. The number of halogens is 6. The van der Waals surface area contributed by atoms with Gasteiger partial charge in [-0.3, -0.25) is 4.90 Å². The highest BCUT2D eigenvalue weighted by Crippen LogP contribution is 2.47. The van der Waals surface area contributed by atoms with Gasteiger partial charge >= 0.3 is 12.2 Å². The lowest BCUT2D eigenvalue weighted by molar-refractivity contribution is -0.137. The SMILES string of the molecule is CN1c2nc(OC[C@@]34CCCN3C[C@H](F)C4)nc3c(F)c(-c4cc(N)cc(Cl)c4C(F)(F)F)nc(c23)O[C@H]2CCCC[C@@H]21. The van der Waals surface area contributed by atoms with Crippen molar-refractivity contribution < 1.29 is 31.4 Å². The fourth-order valence-corrected chi connectivity index (χ4v) is 7.73. The highest BCUT2D eigenvalue weighted by molar-refractivity contribution is 6.32. The first kappa shape index (κ1) is 28.6. The smallest absolute Gasteiger partial charge is 0.418 e. The molecular weight excluding hydrogens is 595 g/mol. The van der Waals surface area contributed by atoms with E-state index in [1.54, 1.807) is 0 Å². The van der Waals surface area contributed by atoms with Gasteiger partial charge in [-0.25, -0.2) is 13.8 Å². The molecule has 3 fully saturated rings. The Morgan fingerprint density at radius 2 is 1.95 bits per heavy atom. The highest BCUT2D eigenvalue weighted by atomic mass is 35.5. The zero-order valence-corrected chi connectivity index (χ0v) is 24.1. The van der Waals surface area contributed by atoms with Gasteiger partial charge in [0, 0.05) is 31.3 Å². The average Bonchev–Trinajstić information content (AvgIpc) is 3.43. The van der Waals surface area contributed by atoms with E-state index < -0.39 is 45.5 Å². The molecule has 2 saturated heterocycles. The number of ether oxygens (including phenoxy) is 2. The van der Waals surface area contributed by atoms with E-state index in [0.29, 0.717) is 25.2 Å². The molecule has 2 aromatic heterocycles. The number of hydrogen-bond acceptors (Lipinski definition) is 8. The topological polar surface area (TPSA) is 89.6 Å². The first-order valence-corrected chi connectivity index (χ1v) is 14.8. The summed E-state index contributed by atoms with van der Waals surface area (Å²) in [5.41, 5.74) is 2.42. The van der Waals surface area contributed by atoms with E-state index in [-0.39, 0.29) is 47.2 Å². The molecule has 0 bridgehead atoms. The van der Waals surface area contributed by atoms with E-state index in [1.807, 2.05) is 11.9 Å². The number of nitrogens with zero attached hydrogens (tertiary/aromatic N) is 5. The largest absolute Gasteiger partial charge is 0.472 e. The van der Waals surface area contributed by atoms with Gasteiger partial charge in [0.05, 0.1) is 22.2 Å². The molecule has 43 heavy (non-hydrogen) atoms. The number of benzene rings is 1. The van der Waals surface area contributed by atoms with Crippen LogP contribution in [0.2, 0.25) is 5.02 Å². The molecule has 14 heteroatoms. The van der Waals surface area contributed by atoms with Crippen molar-refractivity contribution in [3.05, 3.63) is 28.5 Å². The van der Waals surface area contributed by atoms with Crippen LogP contribution in [0, 0.1) is 5.82 Å². The number of rotatable bonds is 4. The standard InChI is InChI=1S/C29H30ClF5N6O2/c1-40-18-5-2-3-6-19(18)43-26-20-24(22(32)23(37-26)16-9-15(36)10-17(30)21(16)29(33,34)35)38-27(39-25(20)40)42-13-28-7-4-8-41(28)12-14(31)11-28/h9-10,14,18-19H,2-8,11-13,36H2,1H3/t14-,18+,19+,28+/m1/s1. The number of alkyl halides is 4. The Hall–Kier alpha value is -3.19. The number of hydrogen-bond donors (Lipinski definition) is 1. The van der Waals surface area contributed by atoms with Gasteiger partial charge in [0.25, 0.3) is 0 Å². The van der Waals surface area contributed by atoms with E-state index in [0.717, 1.165) is 50.8 Å². The quantitative estimate of drug-likeness (QED) is 0.272. The molecule has 0 unspecified atom stereocenters. The second kappa shape index (κ2) is 10.2. The Balaban J connectivity index is 1.41. The molecule has 0 radical (unpaired) electrons. The summed E-state index contributed by atoms with van der Waals surface area (Å²) in [4.78, 5) is 17.3. The van der Waals surface area contributed by atoms with Crippen LogP contribution in [0.25, 0.3) is 22.2 Å². The average molecular weight is 625 g/mol. The number of anilines is 2. The van der Waals surface area contributed by atoms with Crippen molar-refractivity contribution in [1.29, 1.82) is 0 Å². The van der Waals surface area contributed by atoms with Gasteiger partial charge in [-0.15, -0.1) is 0 Å². The van der Waals surface area contributed by atoms with Crippen LogP contribution in [0.5, 0.6) is 11.9 Å². The summed E-state index contributed by atoms with van der Waals surface area (Å²) in [7, 11) is 1.82. The predicted octanol–water partition coefficient (Wildman–Crippen LogP) is 6.18. The van der Waals surface area contributed by atoms with Crippen LogP contribution in [0.1, 0.15) is 50.5 Å². The Labute approximate surface area is 249 Å². The van der Waals surface area contributed by atoms with Gasteiger partial charge in [-0.05, 0) is 50.8 Å². The monoisotopic (exact) mass is 624 g/mol. The molecule has 4 atom stereocenters. The third-order valence-corrected chi connectivity index (χ3v) is 9.65. The molecular formula is C29H30ClF5N6O2. The minimum Gasteiger partial charge on any atom is -0.472 e. The van der Waals surface area contributed by atoms with Crippen molar-refractivity contribution >= 4 is 34.0 Å². The Morgan fingerprint density at radius 3 is 2.74 bits per heavy atom. The minimum atomic E-state index is -4.93.